The van der Waals surface area contributed by atoms with Crippen molar-refractivity contribution in [1.82, 2.24) is 9.80 Å². The zero-order valence-corrected chi connectivity index (χ0v) is 16.5. The van der Waals surface area contributed by atoms with Crippen LogP contribution >= 0.6 is 0 Å². The number of carbonyl (C=O) groups is 3. The second-order valence-corrected chi connectivity index (χ2v) is 8.59. The number of amides is 3. The van der Waals surface area contributed by atoms with Crippen LogP contribution in [0.5, 0.6) is 0 Å². The molecule has 2 aliphatic heterocycles. The molecule has 0 spiro atoms. The average Bonchev–Trinajstić information content (AvgIpc) is 3.29. The molecule has 4 rings (SSSR count). The van der Waals surface area contributed by atoms with Gasteiger partial charge in [-0.05, 0) is 43.4 Å². The number of rotatable bonds is 4. The number of nitrogens with zero attached hydrogens (tertiary/aromatic N) is 2. The van der Waals surface area contributed by atoms with Gasteiger partial charge in [-0.3, -0.25) is 19.3 Å². The number of aliphatic hydroxyl groups is 1. The van der Waals surface area contributed by atoms with Crippen LogP contribution in [-0.4, -0.2) is 57.9 Å². The van der Waals surface area contributed by atoms with Gasteiger partial charge in [0.15, 0.2) is 0 Å². The van der Waals surface area contributed by atoms with E-state index in [9.17, 15) is 23.9 Å². The summed E-state index contributed by atoms with van der Waals surface area (Å²) in [7, 11) is 0. The van der Waals surface area contributed by atoms with Gasteiger partial charge in [-0.15, -0.1) is 0 Å². The fraction of sp³-hybridized carbons (Fsp3) is 0.591. The fourth-order valence-corrected chi connectivity index (χ4v) is 5.10. The fourth-order valence-electron chi connectivity index (χ4n) is 5.10. The zero-order chi connectivity index (χ0) is 20.6. The molecule has 1 N–H and O–H groups in total. The number of benzene rings is 1. The molecule has 2 unspecified atom stereocenters. The Morgan fingerprint density at radius 3 is 2.62 bits per heavy atom. The Balaban J connectivity index is 1.68. The molecule has 7 heteroatoms. The molecule has 1 aromatic carbocycles. The minimum Gasteiger partial charge on any atom is -0.391 e. The maximum absolute atomic E-state index is 14.0. The monoisotopic (exact) mass is 402 g/mol. The highest BCUT2D eigenvalue weighted by atomic mass is 19.1. The highest BCUT2D eigenvalue weighted by Crippen LogP contribution is 2.43. The zero-order valence-electron chi connectivity index (χ0n) is 16.5. The van der Waals surface area contributed by atoms with Crippen LogP contribution in [0.3, 0.4) is 0 Å². The third-order valence-electron chi connectivity index (χ3n) is 6.62. The molecule has 3 fully saturated rings. The molecular weight excluding hydrogens is 375 g/mol. The number of carbonyl (C=O) groups excluding carboxylic acids is 3. The number of piperidine rings is 1. The minimum atomic E-state index is -1.37. The molecule has 3 amide bonds. The van der Waals surface area contributed by atoms with Crippen molar-refractivity contribution in [2.45, 2.75) is 68.9 Å². The summed E-state index contributed by atoms with van der Waals surface area (Å²) >= 11 is 0. The van der Waals surface area contributed by atoms with E-state index in [-0.39, 0.29) is 43.1 Å². The predicted octanol–water partition coefficient (Wildman–Crippen LogP) is 2.14. The van der Waals surface area contributed by atoms with Crippen LogP contribution in [0.15, 0.2) is 24.3 Å². The maximum Gasteiger partial charge on any atom is 0.241 e. The molecule has 0 radical (unpaired) electrons. The average molecular weight is 402 g/mol. The van der Waals surface area contributed by atoms with E-state index in [1.54, 1.807) is 11.0 Å². The van der Waals surface area contributed by atoms with Gasteiger partial charge < -0.3 is 10.0 Å². The summed E-state index contributed by atoms with van der Waals surface area (Å²) in [6.45, 7) is 0.746. The number of hydrogen-bond donors (Lipinski definition) is 1. The van der Waals surface area contributed by atoms with Crippen LogP contribution in [0.25, 0.3) is 0 Å². The number of β-amino-alcohol motifs (C(OH)–C–C–N with tert-alkyl or cyclic N) is 1. The Bertz CT molecular complexity index is 823. The number of likely N-dealkylation sites (tertiary alicyclic amines) is 2. The topological polar surface area (TPSA) is 77.9 Å². The van der Waals surface area contributed by atoms with Crippen molar-refractivity contribution in [3.05, 3.63) is 35.6 Å². The Morgan fingerprint density at radius 2 is 1.93 bits per heavy atom. The molecule has 156 valence electrons. The molecule has 0 bridgehead atoms. The summed E-state index contributed by atoms with van der Waals surface area (Å²) in [5, 5.41) is 9.91. The number of halogens is 1. The Morgan fingerprint density at radius 1 is 1.17 bits per heavy atom. The molecular formula is C22H27FN2O4. The van der Waals surface area contributed by atoms with E-state index < -0.39 is 17.3 Å². The molecule has 0 aromatic heterocycles. The normalized spacial score (nSPS) is 28.4. The molecule has 1 saturated carbocycles. The van der Waals surface area contributed by atoms with Gasteiger partial charge in [0, 0.05) is 32.0 Å². The van der Waals surface area contributed by atoms with Crippen molar-refractivity contribution in [3.8, 4) is 0 Å². The van der Waals surface area contributed by atoms with Crippen LogP contribution in [0.2, 0.25) is 0 Å². The van der Waals surface area contributed by atoms with Gasteiger partial charge in [0.1, 0.15) is 5.82 Å². The molecule has 2 atom stereocenters. The lowest BCUT2D eigenvalue weighted by molar-refractivity contribution is -0.145. The van der Waals surface area contributed by atoms with E-state index >= 15 is 0 Å². The SMILES string of the molecule is O=C(CC1(c2cccc(F)c2)CC(=O)N(C2CCCC2)C1=O)N1CCCC(O)C1. The molecule has 1 aromatic rings. The first-order chi connectivity index (χ1) is 13.9. The van der Waals surface area contributed by atoms with Gasteiger partial charge in [-0.1, -0.05) is 25.0 Å². The van der Waals surface area contributed by atoms with Crippen LogP contribution in [-0.2, 0) is 19.8 Å². The summed E-state index contributed by atoms with van der Waals surface area (Å²) < 4.78 is 14.0. The smallest absolute Gasteiger partial charge is 0.241 e. The minimum absolute atomic E-state index is 0.117. The highest BCUT2D eigenvalue weighted by molar-refractivity contribution is 6.11. The van der Waals surface area contributed by atoms with Crippen molar-refractivity contribution in [2.75, 3.05) is 13.1 Å². The first-order valence-corrected chi connectivity index (χ1v) is 10.5. The second-order valence-electron chi connectivity index (χ2n) is 8.59. The quantitative estimate of drug-likeness (QED) is 0.783. The summed E-state index contributed by atoms with van der Waals surface area (Å²) in [6.07, 6.45) is 3.97. The van der Waals surface area contributed by atoms with Crippen molar-refractivity contribution in [3.63, 3.8) is 0 Å². The van der Waals surface area contributed by atoms with Gasteiger partial charge in [0.05, 0.1) is 11.5 Å². The molecule has 29 heavy (non-hydrogen) atoms. The van der Waals surface area contributed by atoms with Gasteiger partial charge in [0.25, 0.3) is 0 Å². The third-order valence-corrected chi connectivity index (χ3v) is 6.62. The molecule has 2 saturated heterocycles. The lowest BCUT2D eigenvalue weighted by atomic mass is 9.75. The third kappa shape index (κ3) is 3.68. The van der Waals surface area contributed by atoms with Crippen molar-refractivity contribution >= 4 is 17.7 Å². The molecule has 6 nitrogen and oxygen atoms in total. The second kappa shape index (κ2) is 7.86. The molecule has 3 aliphatic rings. The van der Waals surface area contributed by atoms with Crippen LogP contribution in [0.4, 0.5) is 4.39 Å². The van der Waals surface area contributed by atoms with E-state index in [2.05, 4.69) is 0 Å². The summed E-state index contributed by atoms with van der Waals surface area (Å²) in [4.78, 5) is 42.5. The van der Waals surface area contributed by atoms with E-state index in [0.717, 1.165) is 25.7 Å². The van der Waals surface area contributed by atoms with E-state index in [1.807, 2.05) is 0 Å². The molecule has 1 aliphatic carbocycles. The summed E-state index contributed by atoms with van der Waals surface area (Å²) in [5.41, 5.74) is -0.997. The summed E-state index contributed by atoms with van der Waals surface area (Å²) in [6, 6.07) is 5.57. The van der Waals surface area contributed by atoms with Crippen LogP contribution in [0.1, 0.15) is 56.9 Å². The first kappa shape index (κ1) is 20.0. The van der Waals surface area contributed by atoms with E-state index in [0.29, 0.717) is 24.9 Å². The number of hydrogen-bond acceptors (Lipinski definition) is 4. The van der Waals surface area contributed by atoms with E-state index in [4.69, 9.17) is 0 Å². The van der Waals surface area contributed by atoms with Crippen molar-refractivity contribution in [1.29, 1.82) is 0 Å². The Hall–Kier alpha value is -2.28. The number of aliphatic hydroxyl groups excluding tert-OH is 1. The Labute approximate surface area is 169 Å². The summed E-state index contributed by atoms with van der Waals surface area (Å²) in [5.74, 6) is -1.44. The van der Waals surface area contributed by atoms with Crippen molar-refractivity contribution < 1.29 is 23.9 Å². The standard InChI is InChI=1S/C22H27FN2O4/c23-16-6-3-5-15(11-16)22(12-19(27)24-10-4-9-18(26)14-24)13-20(28)25(21(22)29)17-7-1-2-8-17/h3,5-6,11,17-18,26H,1-2,4,7-10,12-14H2. The van der Waals surface area contributed by atoms with Crippen LogP contribution < -0.4 is 0 Å². The van der Waals surface area contributed by atoms with Gasteiger partial charge in [-0.25, -0.2) is 4.39 Å². The van der Waals surface area contributed by atoms with Crippen molar-refractivity contribution in [2.24, 2.45) is 0 Å². The lowest BCUT2D eigenvalue weighted by Gasteiger charge is -2.34. The maximum atomic E-state index is 14.0. The Kier molecular flexibility index (Phi) is 5.42. The largest absolute Gasteiger partial charge is 0.391 e. The van der Waals surface area contributed by atoms with Gasteiger partial charge in [0.2, 0.25) is 17.7 Å². The van der Waals surface area contributed by atoms with Gasteiger partial charge in [-0.2, -0.15) is 0 Å². The lowest BCUT2D eigenvalue weighted by Crippen LogP contribution is -2.48. The first-order valence-electron chi connectivity index (χ1n) is 10.5. The molecule has 2 heterocycles. The van der Waals surface area contributed by atoms with Gasteiger partial charge >= 0.3 is 0 Å². The van der Waals surface area contributed by atoms with Crippen LogP contribution in [0, 0.1) is 5.82 Å². The highest BCUT2D eigenvalue weighted by Gasteiger charge is 2.56. The van der Waals surface area contributed by atoms with E-state index in [1.165, 1.54) is 23.1 Å². The predicted molar refractivity (Wildman–Crippen MR) is 103 cm³/mol. The number of imide groups is 1.